The van der Waals surface area contributed by atoms with Crippen molar-refractivity contribution in [2.45, 2.75) is 27.0 Å². The van der Waals surface area contributed by atoms with Gasteiger partial charge >= 0.3 is 5.97 Å². The first-order valence-corrected chi connectivity index (χ1v) is 13.2. The Hall–Kier alpha value is -4.70. The van der Waals surface area contributed by atoms with Crippen molar-refractivity contribution in [1.82, 2.24) is 14.3 Å². The Balaban J connectivity index is 1.50. The van der Waals surface area contributed by atoms with E-state index in [1.165, 1.54) is 18.3 Å². The number of fused-ring (bicyclic) bond motifs is 1. The molecule has 2 aromatic carbocycles. The van der Waals surface area contributed by atoms with E-state index < -0.39 is 11.5 Å². The largest absolute Gasteiger partial charge is 0.482 e. The SMILES string of the molecule is CCOC(=O)c1c(OCc2ccccc2)c(=O)n(Cc2cnn(-c3ccc(NC(C)=O)cc3)c2)c2ccsc12. The molecule has 0 radical (unpaired) electrons. The summed E-state index contributed by atoms with van der Waals surface area (Å²) >= 11 is 1.35. The number of nitrogens with one attached hydrogen (secondary N) is 1. The summed E-state index contributed by atoms with van der Waals surface area (Å²) in [6.45, 7) is 3.71. The van der Waals surface area contributed by atoms with Crippen molar-refractivity contribution in [2.24, 2.45) is 0 Å². The monoisotopic (exact) mass is 542 g/mol. The van der Waals surface area contributed by atoms with Gasteiger partial charge in [-0.1, -0.05) is 30.3 Å². The van der Waals surface area contributed by atoms with Gasteiger partial charge < -0.3 is 14.8 Å². The van der Waals surface area contributed by atoms with E-state index in [9.17, 15) is 14.4 Å². The van der Waals surface area contributed by atoms with Crippen LogP contribution in [0.25, 0.3) is 15.9 Å². The molecule has 0 aliphatic carbocycles. The van der Waals surface area contributed by atoms with E-state index >= 15 is 0 Å². The number of carbonyl (C=O) groups is 2. The van der Waals surface area contributed by atoms with E-state index in [4.69, 9.17) is 9.47 Å². The third-order valence-electron chi connectivity index (χ3n) is 5.96. The highest BCUT2D eigenvalue weighted by molar-refractivity contribution is 7.17. The number of ether oxygens (including phenoxy) is 2. The van der Waals surface area contributed by atoms with Gasteiger partial charge in [-0.3, -0.25) is 14.2 Å². The van der Waals surface area contributed by atoms with Crippen LogP contribution < -0.4 is 15.6 Å². The summed E-state index contributed by atoms with van der Waals surface area (Å²) in [6.07, 6.45) is 3.53. The van der Waals surface area contributed by atoms with E-state index in [0.29, 0.717) is 15.9 Å². The fourth-order valence-corrected chi connectivity index (χ4v) is 5.15. The van der Waals surface area contributed by atoms with Crippen molar-refractivity contribution in [3.05, 3.63) is 105 Å². The van der Waals surface area contributed by atoms with Gasteiger partial charge in [-0.15, -0.1) is 11.3 Å². The molecule has 5 rings (SSSR count). The smallest absolute Gasteiger partial charge is 0.343 e. The van der Waals surface area contributed by atoms with Crippen LogP contribution in [0.1, 0.15) is 35.3 Å². The number of hydrogen-bond acceptors (Lipinski definition) is 7. The van der Waals surface area contributed by atoms with Crippen molar-refractivity contribution in [3.8, 4) is 11.4 Å². The minimum Gasteiger partial charge on any atom is -0.482 e. The van der Waals surface area contributed by atoms with Crippen LogP contribution in [0.15, 0.2) is 83.2 Å². The van der Waals surface area contributed by atoms with Crippen molar-refractivity contribution in [1.29, 1.82) is 0 Å². The number of aromatic nitrogens is 3. The summed E-state index contributed by atoms with van der Waals surface area (Å²) in [5.41, 5.74) is 3.49. The molecule has 9 nitrogen and oxygen atoms in total. The van der Waals surface area contributed by atoms with Crippen LogP contribution in [-0.2, 0) is 22.7 Å². The molecule has 39 heavy (non-hydrogen) atoms. The zero-order valence-corrected chi connectivity index (χ0v) is 22.2. The molecule has 0 saturated carbocycles. The standard InChI is InChI=1S/C29H26N4O5S/c1-3-37-29(36)25-26(38-18-20-7-5-4-6-8-20)28(35)32(24-13-14-39-27(24)25)16-21-15-30-33(17-21)23-11-9-22(10-12-23)31-19(2)34/h4-15,17H,3,16,18H2,1-2H3,(H,31,34). The number of pyridine rings is 1. The van der Waals surface area contributed by atoms with E-state index in [1.807, 2.05) is 60.1 Å². The van der Waals surface area contributed by atoms with Gasteiger partial charge in [-0.25, -0.2) is 9.48 Å². The average molecular weight is 543 g/mol. The molecule has 0 spiro atoms. The van der Waals surface area contributed by atoms with Crippen molar-refractivity contribution in [3.63, 3.8) is 0 Å². The molecular formula is C29H26N4O5S. The first-order chi connectivity index (χ1) is 18.9. The molecule has 1 N–H and O–H groups in total. The summed E-state index contributed by atoms with van der Waals surface area (Å²) in [4.78, 5) is 38.1. The highest BCUT2D eigenvalue weighted by Gasteiger charge is 2.26. The number of benzene rings is 2. The molecule has 0 bridgehead atoms. The van der Waals surface area contributed by atoms with E-state index in [2.05, 4.69) is 10.4 Å². The predicted octanol–water partition coefficient (Wildman–Crippen LogP) is 5.01. The van der Waals surface area contributed by atoms with Crippen molar-refractivity contribution in [2.75, 3.05) is 11.9 Å². The molecule has 3 heterocycles. The van der Waals surface area contributed by atoms with E-state index in [1.54, 1.807) is 34.5 Å². The third kappa shape index (κ3) is 5.60. The van der Waals surface area contributed by atoms with Gasteiger partial charge in [0.05, 0.1) is 35.3 Å². The van der Waals surface area contributed by atoms with Crippen LogP contribution >= 0.6 is 11.3 Å². The number of hydrogen-bond donors (Lipinski definition) is 1. The van der Waals surface area contributed by atoms with E-state index in [-0.39, 0.29) is 37.0 Å². The second kappa shape index (κ2) is 11.4. The molecule has 0 fully saturated rings. The summed E-state index contributed by atoms with van der Waals surface area (Å²) in [7, 11) is 0. The maximum absolute atomic E-state index is 13.8. The number of esters is 1. The molecule has 0 saturated heterocycles. The Kier molecular flexibility index (Phi) is 7.55. The number of nitrogens with zero attached hydrogens (tertiary/aromatic N) is 3. The van der Waals surface area contributed by atoms with Crippen LogP contribution in [0, 0.1) is 0 Å². The molecule has 198 valence electrons. The van der Waals surface area contributed by atoms with Gasteiger partial charge in [0.2, 0.25) is 11.7 Å². The second-order valence-electron chi connectivity index (χ2n) is 8.75. The average Bonchev–Trinajstić information content (AvgIpc) is 3.60. The summed E-state index contributed by atoms with van der Waals surface area (Å²) < 4.78 is 15.2. The first-order valence-electron chi connectivity index (χ1n) is 12.3. The normalized spacial score (nSPS) is 10.9. The summed E-state index contributed by atoms with van der Waals surface area (Å²) in [6, 6.07) is 18.5. The lowest BCUT2D eigenvalue weighted by molar-refractivity contribution is -0.114. The highest BCUT2D eigenvalue weighted by atomic mass is 32.1. The van der Waals surface area contributed by atoms with E-state index in [0.717, 1.165) is 16.8 Å². The Morgan fingerprint density at radius 3 is 2.51 bits per heavy atom. The Morgan fingerprint density at radius 2 is 1.79 bits per heavy atom. The zero-order valence-electron chi connectivity index (χ0n) is 21.4. The maximum atomic E-state index is 13.8. The Bertz CT molecular complexity index is 1690. The fraction of sp³-hybridized carbons (Fsp3) is 0.172. The first kappa shape index (κ1) is 25.9. The van der Waals surface area contributed by atoms with Gasteiger partial charge in [0, 0.05) is 24.4 Å². The topological polar surface area (TPSA) is 104 Å². The Morgan fingerprint density at radius 1 is 1.03 bits per heavy atom. The lowest BCUT2D eigenvalue weighted by Crippen LogP contribution is -2.26. The minimum absolute atomic E-state index is 0.0341. The number of thiophene rings is 1. The lowest BCUT2D eigenvalue weighted by Gasteiger charge is -2.15. The van der Waals surface area contributed by atoms with Gasteiger partial charge in [-0.2, -0.15) is 5.10 Å². The van der Waals surface area contributed by atoms with Crippen LogP contribution in [-0.4, -0.2) is 32.8 Å². The Labute approximate surface area is 228 Å². The van der Waals surface area contributed by atoms with Crippen molar-refractivity contribution < 1.29 is 19.1 Å². The van der Waals surface area contributed by atoms with Gasteiger partial charge in [0.1, 0.15) is 12.2 Å². The zero-order chi connectivity index (χ0) is 27.4. The molecule has 3 aromatic heterocycles. The predicted molar refractivity (Wildman–Crippen MR) is 150 cm³/mol. The second-order valence-corrected chi connectivity index (χ2v) is 9.66. The summed E-state index contributed by atoms with van der Waals surface area (Å²) in [5, 5.41) is 9.03. The van der Waals surface area contributed by atoms with Gasteiger partial charge in [0.15, 0.2) is 0 Å². The number of carbonyl (C=O) groups excluding carboxylic acids is 2. The molecule has 0 aliphatic rings. The van der Waals surface area contributed by atoms with Crippen LogP contribution in [0.2, 0.25) is 0 Å². The fourth-order valence-electron chi connectivity index (χ4n) is 4.22. The quantitative estimate of drug-likeness (QED) is 0.263. The molecule has 0 aliphatic heterocycles. The van der Waals surface area contributed by atoms with Crippen LogP contribution in [0.3, 0.4) is 0 Å². The summed E-state index contributed by atoms with van der Waals surface area (Å²) in [5.74, 6) is -0.767. The number of amides is 1. The van der Waals surface area contributed by atoms with Crippen LogP contribution in [0.5, 0.6) is 5.75 Å². The molecule has 10 heteroatoms. The van der Waals surface area contributed by atoms with Crippen molar-refractivity contribution >= 4 is 39.1 Å². The van der Waals surface area contributed by atoms with Gasteiger partial charge in [-0.05, 0) is 48.2 Å². The highest BCUT2D eigenvalue weighted by Crippen LogP contribution is 2.31. The minimum atomic E-state index is -0.590. The molecular weight excluding hydrogens is 516 g/mol. The number of anilines is 1. The van der Waals surface area contributed by atoms with Gasteiger partial charge in [0.25, 0.3) is 5.56 Å². The molecule has 0 unspecified atom stereocenters. The molecule has 5 aromatic rings. The molecule has 1 amide bonds. The maximum Gasteiger partial charge on any atom is 0.343 e. The van der Waals surface area contributed by atoms with Crippen LogP contribution in [0.4, 0.5) is 5.69 Å². The number of rotatable bonds is 9. The lowest BCUT2D eigenvalue weighted by atomic mass is 10.2. The third-order valence-corrected chi connectivity index (χ3v) is 6.88. The molecule has 0 atom stereocenters.